The molecule has 2 aromatic rings. The second kappa shape index (κ2) is 6.61. The molecular formula is C14H14N2O6. The molecule has 22 heavy (non-hydrogen) atoms. The van der Waals surface area contributed by atoms with Crippen molar-refractivity contribution in [1.82, 2.24) is 5.32 Å². The van der Waals surface area contributed by atoms with E-state index in [0.717, 1.165) is 6.07 Å². The molecule has 1 amide bonds. The average molecular weight is 306 g/mol. The maximum Gasteiger partial charge on any atom is 0.433 e. The third-order valence-electron chi connectivity index (χ3n) is 2.92. The molecule has 0 aliphatic heterocycles. The van der Waals surface area contributed by atoms with Gasteiger partial charge in [0.25, 0.3) is 5.91 Å². The summed E-state index contributed by atoms with van der Waals surface area (Å²) in [5.74, 6) is 0.0425. The number of hydrogen-bond acceptors (Lipinski definition) is 6. The number of nitrogens with zero attached hydrogens (tertiary/aromatic N) is 1. The summed E-state index contributed by atoms with van der Waals surface area (Å²) in [6.45, 7) is 0.160. The van der Waals surface area contributed by atoms with E-state index in [2.05, 4.69) is 5.32 Å². The van der Waals surface area contributed by atoms with Crippen LogP contribution < -0.4 is 14.8 Å². The smallest absolute Gasteiger partial charge is 0.433 e. The van der Waals surface area contributed by atoms with Crippen molar-refractivity contribution in [2.24, 2.45) is 0 Å². The molecule has 0 saturated heterocycles. The first kappa shape index (κ1) is 15.4. The normalized spacial score (nSPS) is 10.1. The van der Waals surface area contributed by atoms with Gasteiger partial charge in [-0.15, -0.1) is 0 Å². The average Bonchev–Trinajstić information content (AvgIpc) is 3.02. The highest BCUT2D eigenvalue weighted by atomic mass is 16.6. The summed E-state index contributed by atoms with van der Waals surface area (Å²) in [6, 6.07) is 7.55. The highest BCUT2D eigenvalue weighted by Gasteiger charge is 2.17. The van der Waals surface area contributed by atoms with Crippen LogP contribution in [0.25, 0.3) is 0 Å². The molecule has 0 unspecified atom stereocenters. The summed E-state index contributed by atoms with van der Waals surface area (Å²) in [4.78, 5) is 21.7. The van der Waals surface area contributed by atoms with Crippen molar-refractivity contribution in [3.8, 4) is 11.5 Å². The lowest BCUT2D eigenvalue weighted by molar-refractivity contribution is -0.402. The van der Waals surface area contributed by atoms with E-state index in [0.29, 0.717) is 17.1 Å². The molecule has 8 heteroatoms. The summed E-state index contributed by atoms with van der Waals surface area (Å²) in [7, 11) is 3.05. The number of ether oxygens (including phenoxy) is 2. The molecule has 1 aromatic carbocycles. The Balaban J connectivity index is 2.08. The first-order chi connectivity index (χ1) is 10.5. The molecule has 0 atom stereocenters. The largest absolute Gasteiger partial charge is 0.497 e. The topological polar surface area (TPSA) is 104 Å². The number of nitrogens with one attached hydrogen (secondary N) is 1. The van der Waals surface area contributed by atoms with Crippen LogP contribution in [0.4, 0.5) is 5.88 Å². The Bertz CT molecular complexity index is 694. The first-order valence-electron chi connectivity index (χ1n) is 6.28. The molecule has 0 radical (unpaired) electrons. The van der Waals surface area contributed by atoms with Crippen LogP contribution in [0.2, 0.25) is 0 Å². The minimum Gasteiger partial charge on any atom is -0.497 e. The van der Waals surface area contributed by atoms with Crippen LogP contribution in [0.1, 0.15) is 16.1 Å². The van der Waals surface area contributed by atoms with E-state index in [1.807, 2.05) is 0 Å². The van der Waals surface area contributed by atoms with Gasteiger partial charge in [0.15, 0.2) is 5.76 Å². The van der Waals surface area contributed by atoms with E-state index >= 15 is 0 Å². The van der Waals surface area contributed by atoms with Gasteiger partial charge in [0.2, 0.25) is 0 Å². The Morgan fingerprint density at radius 2 is 2.05 bits per heavy atom. The highest BCUT2D eigenvalue weighted by molar-refractivity contribution is 5.91. The van der Waals surface area contributed by atoms with E-state index in [-0.39, 0.29) is 12.3 Å². The van der Waals surface area contributed by atoms with Gasteiger partial charge in [-0.05, 0) is 24.3 Å². The Labute approximate surface area is 125 Å². The quantitative estimate of drug-likeness (QED) is 0.647. The second-order valence-electron chi connectivity index (χ2n) is 4.26. The fourth-order valence-electron chi connectivity index (χ4n) is 1.83. The van der Waals surface area contributed by atoms with Gasteiger partial charge in [-0.1, -0.05) is 0 Å². The van der Waals surface area contributed by atoms with Crippen molar-refractivity contribution in [3.05, 3.63) is 51.8 Å². The van der Waals surface area contributed by atoms with Crippen LogP contribution in [0.15, 0.2) is 34.7 Å². The number of hydrogen-bond donors (Lipinski definition) is 1. The summed E-state index contributed by atoms with van der Waals surface area (Å²) in [5.41, 5.74) is 0.705. The SMILES string of the molecule is COc1ccc(OC)c(CNC(=O)c2ccc([N+](=O)[O-])o2)c1. The van der Waals surface area contributed by atoms with Gasteiger partial charge in [0.05, 0.1) is 20.3 Å². The molecule has 0 saturated carbocycles. The Hall–Kier alpha value is -3.03. The van der Waals surface area contributed by atoms with E-state index in [4.69, 9.17) is 13.9 Å². The predicted octanol–water partition coefficient (Wildman–Crippen LogP) is 2.13. The van der Waals surface area contributed by atoms with Gasteiger partial charge in [-0.2, -0.15) is 0 Å². The fraction of sp³-hybridized carbons (Fsp3) is 0.214. The lowest BCUT2D eigenvalue weighted by atomic mass is 10.2. The van der Waals surface area contributed by atoms with Crippen molar-refractivity contribution >= 4 is 11.8 Å². The number of benzene rings is 1. The van der Waals surface area contributed by atoms with Crippen LogP contribution >= 0.6 is 0 Å². The van der Waals surface area contributed by atoms with Crippen LogP contribution in [-0.4, -0.2) is 25.1 Å². The minimum atomic E-state index is -0.706. The molecule has 0 bridgehead atoms. The molecule has 1 N–H and O–H groups in total. The molecule has 116 valence electrons. The maximum atomic E-state index is 11.9. The highest BCUT2D eigenvalue weighted by Crippen LogP contribution is 2.24. The monoisotopic (exact) mass is 306 g/mol. The lowest BCUT2D eigenvalue weighted by Crippen LogP contribution is -2.22. The molecule has 1 aromatic heterocycles. The number of furan rings is 1. The predicted molar refractivity (Wildman–Crippen MR) is 76.1 cm³/mol. The molecule has 8 nitrogen and oxygen atoms in total. The standard InChI is InChI=1S/C14H14N2O6/c1-20-10-3-4-11(21-2)9(7-10)8-15-14(17)12-5-6-13(22-12)16(18)19/h3-7H,8H2,1-2H3,(H,15,17). The molecule has 0 spiro atoms. The number of nitro groups is 1. The zero-order chi connectivity index (χ0) is 16.1. The van der Waals surface area contributed by atoms with Gasteiger partial charge in [0, 0.05) is 12.1 Å². The van der Waals surface area contributed by atoms with Crippen molar-refractivity contribution in [2.45, 2.75) is 6.54 Å². The summed E-state index contributed by atoms with van der Waals surface area (Å²) >= 11 is 0. The van der Waals surface area contributed by atoms with E-state index in [9.17, 15) is 14.9 Å². The summed E-state index contributed by atoms with van der Waals surface area (Å²) < 4.78 is 15.1. The number of rotatable bonds is 6. The number of amides is 1. The van der Waals surface area contributed by atoms with Crippen molar-refractivity contribution < 1.29 is 23.6 Å². The maximum absolute atomic E-state index is 11.9. The van der Waals surface area contributed by atoms with Gasteiger partial charge >= 0.3 is 5.88 Å². The van der Waals surface area contributed by atoms with E-state index < -0.39 is 16.7 Å². The van der Waals surface area contributed by atoms with Crippen LogP contribution in [0.5, 0.6) is 11.5 Å². The van der Waals surface area contributed by atoms with Gasteiger partial charge in [0.1, 0.15) is 16.4 Å². The van der Waals surface area contributed by atoms with Crippen LogP contribution in [0.3, 0.4) is 0 Å². The van der Waals surface area contributed by atoms with Crippen molar-refractivity contribution in [3.63, 3.8) is 0 Å². The summed E-state index contributed by atoms with van der Waals surface area (Å²) in [6.07, 6.45) is 0. The van der Waals surface area contributed by atoms with Crippen molar-refractivity contribution in [1.29, 1.82) is 0 Å². The zero-order valence-corrected chi connectivity index (χ0v) is 12.0. The summed E-state index contributed by atoms with van der Waals surface area (Å²) in [5, 5.41) is 13.1. The number of carbonyl (C=O) groups excluding carboxylic acids is 1. The van der Waals surface area contributed by atoms with Gasteiger partial charge < -0.3 is 19.2 Å². The Kier molecular flexibility index (Phi) is 4.62. The lowest BCUT2D eigenvalue weighted by Gasteiger charge is -2.10. The van der Waals surface area contributed by atoms with E-state index in [1.165, 1.54) is 20.3 Å². The second-order valence-corrected chi connectivity index (χ2v) is 4.26. The molecule has 0 aliphatic carbocycles. The molecule has 0 fully saturated rings. The van der Waals surface area contributed by atoms with Crippen LogP contribution in [-0.2, 0) is 6.54 Å². The number of carbonyl (C=O) groups is 1. The van der Waals surface area contributed by atoms with E-state index in [1.54, 1.807) is 18.2 Å². The Morgan fingerprint density at radius 1 is 1.27 bits per heavy atom. The molecular weight excluding hydrogens is 292 g/mol. The Morgan fingerprint density at radius 3 is 2.64 bits per heavy atom. The third kappa shape index (κ3) is 3.35. The minimum absolute atomic E-state index is 0.131. The van der Waals surface area contributed by atoms with Crippen molar-refractivity contribution in [2.75, 3.05) is 14.2 Å². The molecule has 2 rings (SSSR count). The van der Waals surface area contributed by atoms with Gasteiger partial charge in [-0.25, -0.2) is 0 Å². The third-order valence-corrected chi connectivity index (χ3v) is 2.92. The molecule has 1 heterocycles. The van der Waals surface area contributed by atoms with Gasteiger partial charge in [-0.3, -0.25) is 14.9 Å². The van der Waals surface area contributed by atoms with Crippen LogP contribution in [0, 0.1) is 10.1 Å². The first-order valence-corrected chi connectivity index (χ1v) is 6.28. The fourth-order valence-corrected chi connectivity index (χ4v) is 1.83. The number of methoxy groups -OCH3 is 2. The molecule has 0 aliphatic rings. The zero-order valence-electron chi connectivity index (χ0n) is 12.0.